The molecule has 0 aromatic heterocycles. The summed E-state index contributed by atoms with van der Waals surface area (Å²) in [5.41, 5.74) is 0.970. The molecule has 20 heavy (non-hydrogen) atoms. The molecule has 1 saturated heterocycles. The highest BCUT2D eigenvalue weighted by molar-refractivity contribution is 9.08. The predicted molar refractivity (Wildman–Crippen MR) is 78.2 cm³/mol. The van der Waals surface area contributed by atoms with Gasteiger partial charge in [-0.25, -0.2) is 8.42 Å². The smallest absolute Gasteiger partial charge is 0.322 e. The van der Waals surface area contributed by atoms with Crippen LogP contribution in [-0.4, -0.2) is 36.4 Å². The Morgan fingerprint density at radius 2 is 1.95 bits per heavy atom. The second-order valence-corrected chi connectivity index (χ2v) is 7.19. The van der Waals surface area contributed by atoms with Crippen LogP contribution < -0.4 is 0 Å². The van der Waals surface area contributed by atoms with E-state index in [1.807, 2.05) is 0 Å². The highest BCUT2D eigenvalue weighted by Crippen LogP contribution is 2.26. The first-order valence-corrected chi connectivity index (χ1v) is 8.92. The third-order valence-electron chi connectivity index (χ3n) is 3.42. The normalized spacial score (nSPS) is 20.8. The SMILES string of the molecule is O=C(O)[C@@H]1CCCCN1S(=O)(=O)c1ccc(CBr)cc1. The molecule has 1 N–H and O–H groups in total. The topological polar surface area (TPSA) is 74.7 Å². The van der Waals surface area contributed by atoms with Gasteiger partial charge in [0, 0.05) is 11.9 Å². The molecule has 0 radical (unpaired) electrons. The zero-order valence-corrected chi connectivity index (χ0v) is 13.2. The molecule has 0 bridgehead atoms. The number of hydrogen-bond acceptors (Lipinski definition) is 3. The maximum Gasteiger partial charge on any atom is 0.322 e. The van der Waals surface area contributed by atoms with Gasteiger partial charge in [0.2, 0.25) is 10.0 Å². The Morgan fingerprint density at radius 3 is 2.50 bits per heavy atom. The zero-order valence-electron chi connectivity index (χ0n) is 10.8. The lowest BCUT2D eigenvalue weighted by molar-refractivity contribution is -0.142. The van der Waals surface area contributed by atoms with Crippen LogP contribution in [-0.2, 0) is 20.1 Å². The van der Waals surface area contributed by atoms with Gasteiger partial charge < -0.3 is 5.11 Å². The molecule has 1 aliphatic heterocycles. The first-order valence-electron chi connectivity index (χ1n) is 6.36. The van der Waals surface area contributed by atoms with Gasteiger partial charge in [0.25, 0.3) is 0 Å². The van der Waals surface area contributed by atoms with Crippen LogP contribution in [0.3, 0.4) is 0 Å². The average Bonchev–Trinajstić information content (AvgIpc) is 2.47. The van der Waals surface area contributed by atoms with Gasteiger partial charge in [-0.05, 0) is 37.0 Å². The summed E-state index contributed by atoms with van der Waals surface area (Å²) in [5.74, 6) is -1.08. The van der Waals surface area contributed by atoms with Crippen LogP contribution in [0.2, 0.25) is 0 Å². The summed E-state index contributed by atoms with van der Waals surface area (Å²) in [7, 11) is -3.74. The number of aliphatic carboxylic acids is 1. The molecule has 0 saturated carbocycles. The Morgan fingerprint density at radius 1 is 1.30 bits per heavy atom. The van der Waals surface area contributed by atoms with Crippen molar-refractivity contribution in [3.8, 4) is 0 Å². The Bertz CT molecular complexity index is 585. The van der Waals surface area contributed by atoms with Gasteiger partial charge in [-0.3, -0.25) is 4.79 Å². The molecule has 7 heteroatoms. The highest BCUT2D eigenvalue weighted by Gasteiger charge is 2.37. The maximum absolute atomic E-state index is 12.6. The average molecular weight is 362 g/mol. The van der Waals surface area contributed by atoms with Gasteiger partial charge in [0.05, 0.1) is 4.90 Å². The van der Waals surface area contributed by atoms with E-state index >= 15 is 0 Å². The number of carbonyl (C=O) groups is 1. The van der Waals surface area contributed by atoms with Crippen molar-refractivity contribution in [2.45, 2.75) is 35.5 Å². The van der Waals surface area contributed by atoms with Crippen LogP contribution >= 0.6 is 15.9 Å². The van der Waals surface area contributed by atoms with E-state index in [1.54, 1.807) is 12.1 Å². The van der Waals surface area contributed by atoms with Gasteiger partial charge in [-0.2, -0.15) is 4.31 Å². The molecule has 0 amide bonds. The summed E-state index contributed by atoms with van der Waals surface area (Å²) in [5, 5.41) is 9.84. The van der Waals surface area contributed by atoms with E-state index < -0.39 is 22.0 Å². The zero-order chi connectivity index (χ0) is 14.8. The van der Waals surface area contributed by atoms with Crippen molar-refractivity contribution in [1.82, 2.24) is 4.31 Å². The Labute approximate surface area is 126 Å². The third kappa shape index (κ3) is 3.05. The molecule has 0 aliphatic carbocycles. The minimum absolute atomic E-state index is 0.148. The molecule has 0 unspecified atom stereocenters. The summed E-state index contributed by atoms with van der Waals surface area (Å²) >= 11 is 3.30. The standard InChI is InChI=1S/C13H16BrNO4S/c14-9-10-4-6-11(7-5-10)20(18,19)15-8-2-1-3-12(15)13(16)17/h4-7,12H,1-3,8-9H2,(H,16,17)/t12-/m0/s1. The van der Waals surface area contributed by atoms with E-state index in [1.165, 1.54) is 12.1 Å². The number of halogens is 1. The van der Waals surface area contributed by atoms with E-state index in [-0.39, 0.29) is 11.4 Å². The molecule has 110 valence electrons. The van der Waals surface area contributed by atoms with E-state index in [9.17, 15) is 18.3 Å². The Kier molecular flexibility index (Phi) is 4.82. The van der Waals surface area contributed by atoms with E-state index in [0.29, 0.717) is 18.2 Å². The van der Waals surface area contributed by atoms with Crippen molar-refractivity contribution in [2.75, 3.05) is 6.54 Å². The van der Waals surface area contributed by atoms with Crippen LogP contribution in [0.4, 0.5) is 0 Å². The number of carboxylic acid groups (broad SMARTS) is 1. The predicted octanol–water partition coefficient (Wildman–Crippen LogP) is 2.21. The molecule has 1 aliphatic rings. The largest absolute Gasteiger partial charge is 0.480 e. The van der Waals surface area contributed by atoms with Crippen molar-refractivity contribution < 1.29 is 18.3 Å². The number of hydrogen-bond donors (Lipinski definition) is 1. The van der Waals surface area contributed by atoms with Crippen LogP contribution in [0.1, 0.15) is 24.8 Å². The van der Waals surface area contributed by atoms with Gasteiger partial charge in [0.1, 0.15) is 6.04 Å². The number of carboxylic acids is 1. The minimum atomic E-state index is -3.74. The van der Waals surface area contributed by atoms with Crippen molar-refractivity contribution in [3.05, 3.63) is 29.8 Å². The van der Waals surface area contributed by atoms with Crippen LogP contribution in [0.5, 0.6) is 0 Å². The van der Waals surface area contributed by atoms with Gasteiger partial charge in [-0.15, -0.1) is 0 Å². The fourth-order valence-electron chi connectivity index (χ4n) is 2.33. The fraction of sp³-hybridized carbons (Fsp3) is 0.462. The third-order valence-corrected chi connectivity index (χ3v) is 5.99. The first kappa shape index (κ1) is 15.5. The van der Waals surface area contributed by atoms with E-state index in [0.717, 1.165) is 16.3 Å². The second-order valence-electron chi connectivity index (χ2n) is 4.74. The lowest BCUT2D eigenvalue weighted by atomic mass is 10.1. The van der Waals surface area contributed by atoms with Crippen LogP contribution in [0.25, 0.3) is 0 Å². The molecular formula is C13H16BrNO4S. The van der Waals surface area contributed by atoms with Gasteiger partial charge in [-0.1, -0.05) is 28.1 Å². The lowest BCUT2D eigenvalue weighted by Gasteiger charge is -2.31. The molecule has 1 fully saturated rings. The number of rotatable bonds is 4. The van der Waals surface area contributed by atoms with Crippen molar-refractivity contribution in [2.24, 2.45) is 0 Å². The van der Waals surface area contributed by atoms with Crippen LogP contribution in [0.15, 0.2) is 29.2 Å². The highest BCUT2D eigenvalue weighted by atomic mass is 79.9. The maximum atomic E-state index is 12.6. The molecule has 0 spiro atoms. The summed E-state index contributed by atoms with van der Waals surface area (Å²) in [6.45, 7) is 0.263. The Hall–Kier alpha value is -0.920. The summed E-state index contributed by atoms with van der Waals surface area (Å²) in [4.78, 5) is 11.4. The van der Waals surface area contributed by atoms with Crippen molar-refractivity contribution >= 4 is 31.9 Å². The number of sulfonamides is 1. The lowest BCUT2D eigenvalue weighted by Crippen LogP contribution is -2.47. The molecule has 1 atom stereocenters. The second kappa shape index (κ2) is 6.24. The molecule has 2 rings (SSSR count). The molecule has 1 aromatic rings. The number of benzene rings is 1. The monoisotopic (exact) mass is 361 g/mol. The molecule has 1 heterocycles. The summed E-state index contributed by atoms with van der Waals surface area (Å²) < 4.78 is 26.2. The van der Waals surface area contributed by atoms with E-state index in [4.69, 9.17) is 0 Å². The molecule has 5 nitrogen and oxygen atoms in total. The number of piperidine rings is 1. The van der Waals surface area contributed by atoms with Crippen molar-refractivity contribution in [3.63, 3.8) is 0 Å². The minimum Gasteiger partial charge on any atom is -0.480 e. The number of alkyl halides is 1. The number of nitrogens with zero attached hydrogens (tertiary/aromatic N) is 1. The first-order chi connectivity index (χ1) is 9.46. The summed E-state index contributed by atoms with van der Waals surface area (Å²) in [6, 6.07) is 5.55. The van der Waals surface area contributed by atoms with Crippen LogP contribution in [0, 0.1) is 0 Å². The summed E-state index contributed by atoms with van der Waals surface area (Å²) in [6.07, 6.45) is 1.81. The van der Waals surface area contributed by atoms with Gasteiger partial charge >= 0.3 is 5.97 Å². The Balaban J connectivity index is 2.34. The van der Waals surface area contributed by atoms with E-state index in [2.05, 4.69) is 15.9 Å². The quantitative estimate of drug-likeness (QED) is 0.834. The van der Waals surface area contributed by atoms with Crippen molar-refractivity contribution in [1.29, 1.82) is 0 Å². The van der Waals surface area contributed by atoms with Gasteiger partial charge in [0.15, 0.2) is 0 Å². The fourth-order valence-corrected chi connectivity index (χ4v) is 4.35. The molecule has 1 aromatic carbocycles. The molecular weight excluding hydrogens is 346 g/mol.